The van der Waals surface area contributed by atoms with Crippen LogP contribution >= 0.6 is 0 Å². The van der Waals surface area contributed by atoms with Crippen LogP contribution in [0.4, 0.5) is 10.5 Å². The van der Waals surface area contributed by atoms with E-state index in [4.69, 9.17) is 4.74 Å². The van der Waals surface area contributed by atoms with Crippen LogP contribution in [0.25, 0.3) is 5.52 Å². The van der Waals surface area contributed by atoms with Gasteiger partial charge in [-0.25, -0.2) is 17.7 Å². The Kier molecular flexibility index (Phi) is 8.31. The lowest BCUT2D eigenvalue weighted by Crippen LogP contribution is -2.37. The number of anilines is 1. The summed E-state index contributed by atoms with van der Waals surface area (Å²) in [5.41, 5.74) is 2.24. The van der Waals surface area contributed by atoms with E-state index in [0.717, 1.165) is 11.1 Å². The van der Waals surface area contributed by atoms with Crippen LogP contribution in [-0.2, 0) is 14.8 Å². The minimum absolute atomic E-state index is 0.0413. The zero-order chi connectivity index (χ0) is 28.4. The number of fused-ring (bicyclic) bond motifs is 1. The van der Waals surface area contributed by atoms with E-state index in [0.29, 0.717) is 50.3 Å². The minimum atomic E-state index is -3.68. The first kappa shape index (κ1) is 28.6. The van der Waals surface area contributed by atoms with E-state index in [-0.39, 0.29) is 16.7 Å². The van der Waals surface area contributed by atoms with Crippen molar-refractivity contribution >= 4 is 33.2 Å². The highest BCUT2D eigenvalue weighted by Gasteiger charge is 2.30. The molecule has 39 heavy (non-hydrogen) atoms. The molecule has 0 spiro atoms. The molecule has 1 N–H and O–H groups in total. The molecule has 1 saturated heterocycles. The summed E-state index contributed by atoms with van der Waals surface area (Å²) in [4.78, 5) is 26.9. The van der Waals surface area contributed by atoms with Gasteiger partial charge in [-0.05, 0) is 95.3 Å². The fourth-order valence-electron chi connectivity index (χ4n) is 4.81. The molecule has 2 aromatic heterocycles. The first-order valence-electron chi connectivity index (χ1n) is 13.3. The largest absolute Gasteiger partial charge is 0.444 e. The summed E-state index contributed by atoms with van der Waals surface area (Å²) in [5.74, 6) is 0.133. The Balaban J connectivity index is 1.42. The molecule has 10 nitrogen and oxygen atoms in total. The number of amides is 2. The van der Waals surface area contributed by atoms with Crippen molar-refractivity contribution in [2.45, 2.75) is 63.9 Å². The predicted octanol–water partition coefficient (Wildman–Crippen LogP) is 4.73. The molecule has 0 saturated carbocycles. The number of nitrogens with zero attached hydrogens (tertiary/aromatic N) is 4. The normalized spacial score (nSPS) is 15.3. The molecule has 0 unspecified atom stereocenters. The summed E-state index contributed by atoms with van der Waals surface area (Å²) in [7, 11) is -3.68. The average molecular weight is 556 g/mol. The van der Waals surface area contributed by atoms with Crippen molar-refractivity contribution in [3.63, 3.8) is 0 Å². The van der Waals surface area contributed by atoms with Crippen LogP contribution in [0.2, 0.25) is 0 Å². The number of pyridine rings is 1. The highest BCUT2D eigenvalue weighted by Crippen LogP contribution is 2.32. The van der Waals surface area contributed by atoms with Crippen molar-refractivity contribution < 1.29 is 22.7 Å². The summed E-state index contributed by atoms with van der Waals surface area (Å²) < 4.78 is 35.0. The molecular weight excluding hydrogens is 518 g/mol. The zero-order valence-corrected chi connectivity index (χ0v) is 24.0. The lowest BCUT2D eigenvalue weighted by Gasteiger charge is -2.31. The van der Waals surface area contributed by atoms with Gasteiger partial charge in [0.05, 0.1) is 22.2 Å². The Labute approximate surface area is 230 Å². The number of rotatable bonds is 7. The number of hydrogen-bond acceptors (Lipinski definition) is 6. The molecule has 0 atom stereocenters. The number of carbonyl (C=O) groups is 2. The van der Waals surface area contributed by atoms with Crippen molar-refractivity contribution in [3.05, 3.63) is 59.9 Å². The second-order valence-corrected chi connectivity index (χ2v) is 12.6. The number of aromatic nitrogens is 2. The maximum absolute atomic E-state index is 13.3. The van der Waals surface area contributed by atoms with Crippen molar-refractivity contribution in [1.29, 1.82) is 0 Å². The van der Waals surface area contributed by atoms with Gasteiger partial charge in [0, 0.05) is 38.1 Å². The molecule has 11 heteroatoms. The van der Waals surface area contributed by atoms with Gasteiger partial charge < -0.3 is 9.64 Å². The zero-order valence-electron chi connectivity index (χ0n) is 23.2. The van der Waals surface area contributed by atoms with E-state index in [1.165, 1.54) is 16.4 Å². The van der Waals surface area contributed by atoms with E-state index in [1.807, 2.05) is 32.2 Å². The maximum Gasteiger partial charge on any atom is 0.412 e. The van der Waals surface area contributed by atoms with Gasteiger partial charge in [-0.15, -0.1) is 0 Å². The van der Waals surface area contributed by atoms with Crippen LogP contribution in [0.1, 0.15) is 69.3 Å². The average Bonchev–Trinajstić information content (AvgIpc) is 3.32. The van der Waals surface area contributed by atoms with Gasteiger partial charge >= 0.3 is 6.09 Å². The van der Waals surface area contributed by atoms with E-state index >= 15 is 0 Å². The van der Waals surface area contributed by atoms with E-state index in [9.17, 15) is 18.0 Å². The van der Waals surface area contributed by atoms with Crippen LogP contribution in [0.15, 0.2) is 53.7 Å². The van der Waals surface area contributed by atoms with Crippen LogP contribution < -0.4 is 5.32 Å². The molecular formula is C28H37N5O5S. The molecule has 0 aliphatic carbocycles. The molecule has 3 aromatic rings. The van der Waals surface area contributed by atoms with Crippen LogP contribution in [-0.4, -0.2) is 71.0 Å². The molecule has 4 rings (SSSR count). The number of benzene rings is 1. The molecule has 1 fully saturated rings. The third-order valence-corrected chi connectivity index (χ3v) is 8.80. The minimum Gasteiger partial charge on any atom is -0.444 e. The summed E-state index contributed by atoms with van der Waals surface area (Å²) in [5, 5.41) is 6.96. The van der Waals surface area contributed by atoms with Gasteiger partial charge in [-0.3, -0.25) is 10.1 Å². The third-order valence-electron chi connectivity index (χ3n) is 6.89. The molecule has 210 valence electrons. The topological polar surface area (TPSA) is 113 Å². The predicted molar refractivity (Wildman–Crippen MR) is 149 cm³/mol. The Morgan fingerprint density at radius 1 is 1.08 bits per heavy atom. The number of ether oxygens (including phenoxy) is 1. The smallest absolute Gasteiger partial charge is 0.412 e. The Hall–Kier alpha value is -3.44. The second-order valence-electron chi connectivity index (χ2n) is 10.7. The van der Waals surface area contributed by atoms with Crippen molar-refractivity contribution in [2.24, 2.45) is 0 Å². The standard InChI is InChI=1S/C28H37N5O5S/c1-6-31(7-2)26(34)24-19-29-33-17-14-21(18-25(24)33)20-12-15-32(16-13-20)39(36,37)23-10-8-22(9-11-23)30-27(35)38-28(3,4)5/h8-11,14,17-20H,6-7,12-13,15-16H2,1-5H3,(H,30,35). The quantitative estimate of drug-likeness (QED) is 0.451. The fraction of sp³-hybridized carbons (Fsp3) is 0.464. The van der Waals surface area contributed by atoms with Crippen molar-refractivity contribution in [1.82, 2.24) is 18.8 Å². The molecule has 2 amide bonds. The van der Waals surface area contributed by atoms with Crippen LogP contribution in [0, 0.1) is 0 Å². The molecule has 1 aromatic carbocycles. The lowest BCUT2D eigenvalue weighted by atomic mass is 9.90. The number of piperidine rings is 1. The Morgan fingerprint density at radius 3 is 2.31 bits per heavy atom. The maximum atomic E-state index is 13.3. The molecule has 1 aliphatic rings. The SMILES string of the molecule is CCN(CC)C(=O)c1cnn2ccc(C3CCN(S(=O)(=O)c4ccc(NC(=O)OC(C)(C)C)cc4)CC3)cc12. The highest BCUT2D eigenvalue weighted by molar-refractivity contribution is 7.89. The summed E-state index contributed by atoms with van der Waals surface area (Å²) in [6.45, 7) is 11.3. The van der Waals surface area contributed by atoms with Gasteiger partial charge in [0.15, 0.2) is 0 Å². The van der Waals surface area contributed by atoms with Crippen molar-refractivity contribution in [2.75, 3.05) is 31.5 Å². The Bertz CT molecular complexity index is 1430. The third kappa shape index (κ3) is 6.42. The van der Waals surface area contributed by atoms with Gasteiger partial charge in [0.2, 0.25) is 10.0 Å². The van der Waals surface area contributed by atoms with E-state index in [1.54, 1.807) is 48.5 Å². The fourth-order valence-corrected chi connectivity index (χ4v) is 6.28. The number of sulfonamides is 1. The molecule has 0 bridgehead atoms. The van der Waals surface area contributed by atoms with E-state index < -0.39 is 21.7 Å². The first-order chi connectivity index (χ1) is 18.4. The van der Waals surface area contributed by atoms with E-state index in [2.05, 4.69) is 10.4 Å². The van der Waals surface area contributed by atoms with Gasteiger partial charge in [0.25, 0.3) is 5.91 Å². The second kappa shape index (κ2) is 11.4. The molecule has 0 radical (unpaired) electrons. The van der Waals surface area contributed by atoms with Crippen molar-refractivity contribution in [3.8, 4) is 0 Å². The van der Waals surface area contributed by atoms with Crippen LogP contribution in [0.3, 0.4) is 0 Å². The number of hydrogen-bond donors (Lipinski definition) is 1. The molecule has 3 heterocycles. The summed E-state index contributed by atoms with van der Waals surface area (Å²) in [6.07, 6.45) is 4.21. The van der Waals surface area contributed by atoms with Gasteiger partial charge in [-0.1, -0.05) is 0 Å². The highest BCUT2D eigenvalue weighted by atomic mass is 32.2. The lowest BCUT2D eigenvalue weighted by molar-refractivity contribution is 0.0635. The molecule has 1 aliphatic heterocycles. The number of carbonyl (C=O) groups excluding carboxylic acids is 2. The van der Waals surface area contributed by atoms with Crippen LogP contribution in [0.5, 0.6) is 0 Å². The summed E-state index contributed by atoms with van der Waals surface area (Å²) in [6, 6.07) is 10.1. The monoisotopic (exact) mass is 555 g/mol. The summed E-state index contributed by atoms with van der Waals surface area (Å²) >= 11 is 0. The first-order valence-corrected chi connectivity index (χ1v) is 14.7. The number of nitrogens with one attached hydrogen (secondary N) is 1. The van der Waals surface area contributed by atoms with Gasteiger partial charge in [-0.2, -0.15) is 9.40 Å². The van der Waals surface area contributed by atoms with Gasteiger partial charge in [0.1, 0.15) is 5.60 Å². The Morgan fingerprint density at radius 2 is 1.72 bits per heavy atom.